The normalized spacial score (nSPS) is 21.0. The molecule has 2 saturated heterocycles. The van der Waals surface area contributed by atoms with Crippen molar-refractivity contribution in [3.63, 3.8) is 0 Å². The van der Waals surface area contributed by atoms with Gasteiger partial charge in [0.15, 0.2) is 0 Å². The average Bonchev–Trinajstić information content (AvgIpc) is 3.16. The fourth-order valence-electron chi connectivity index (χ4n) is 3.05. The van der Waals surface area contributed by atoms with E-state index in [1.165, 1.54) is 0 Å². The Balaban J connectivity index is 1.54. The summed E-state index contributed by atoms with van der Waals surface area (Å²) in [7, 11) is 0. The molecule has 0 saturated carbocycles. The van der Waals surface area contributed by atoms with Crippen LogP contribution >= 0.6 is 0 Å². The van der Waals surface area contributed by atoms with Gasteiger partial charge < -0.3 is 19.3 Å². The lowest BCUT2D eigenvalue weighted by molar-refractivity contribution is -0.135. The number of hydrogen-bond donors (Lipinski definition) is 0. The first-order valence-electron chi connectivity index (χ1n) is 8.43. The zero-order valence-electron chi connectivity index (χ0n) is 13.9. The Hall–Kier alpha value is -2.15. The summed E-state index contributed by atoms with van der Waals surface area (Å²) < 4.78 is 10.3. The fraction of sp³-hybridized carbons (Fsp3) is 0.588. The maximum absolute atomic E-state index is 12.4. The molecule has 7 nitrogen and oxygen atoms in total. The number of carbonyl (C=O) groups excluding carboxylic acids is 2. The number of anilines is 1. The number of piperazine rings is 1. The zero-order valence-corrected chi connectivity index (χ0v) is 13.9. The lowest BCUT2D eigenvalue weighted by atomic mass is 10.1. The molecule has 2 aliphatic heterocycles. The van der Waals surface area contributed by atoms with Gasteiger partial charge in [0.2, 0.25) is 5.91 Å². The van der Waals surface area contributed by atoms with Gasteiger partial charge in [-0.15, -0.1) is 0 Å². The molecule has 1 atom stereocenters. The third-order valence-electron chi connectivity index (χ3n) is 4.45. The number of esters is 1. The molecule has 0 N–H and O–H groups in total. The first-order chi connectivity index (χ1) is 11.7. The van der Waals surface area contributed by atoms with Crippen molar-refractivity contribution in [2.75, 3.05) is 50.9 Å². The van der Waals surface area contributed by atoms with Crippen molar-refractivity contribution >= 4 is 17.7 Å². The molecule has 0 radical (unpaired) electrons. The van der Waals surface area contributed by atoms with E-state index in [9.17, 15) is 9.59 Å². The van der Waals surface area contributed by atoms with E-state index in [-0.39, 0.29) is 17.8 Å². The van der Waals surface area contributed by atoms with Crippen molar-refractivity contribution in [2.45, 2.75) is 13.3 Å². The first-order valence-corrected chi connectivity index (χ1v) is 8.43. The largest absolute Gasteiger partial charge is 0.462 e. The maximum atomic E-state index is 12.4. The van der Waals surface area contributed by atoms with Gasteiger partial charge in [-0.2, -0.15) is 0 Å². The quantitative estimate of drug-likeness (QED) is 0.764. The molecule has 3 rings (SSSR count). The van der Waals surface area contributed by atoms with E-state index in [0.29, 0.717) is 38.5 Å². The molecule has 3 heterocycles. The highest BCUT2D eigenvalue weighted by Gasteiger charge is 2.30. The predicted octanol–water partition coefficient (Wildman–Crippen LogP) is 0.943. The van der Waals surface area contributed by atoms with E-state index >= 15 is 0 Å². The zero-order chi connectivity index (χ0) is 16.9. The number of rotatable bonds is 4. The summed E-state index contributed by atoms with van der Waals surface area (Å²) in [5.74, 6) is 0.696. The van der Waals surface area contributed by atoms with E-state index < -0.39 is 0 Å². The van der Waals surface area contributed by atoms with E-state index in [1.807, 2.05) is 11.0 Å². The van der Waals surface area contributed by atoms with Crippen LogP contribution in [0.2, 0.25) is 0 Å². The maximum Gasteiger partial charge on any atom is 0.339 e. The number of pyridine rings is 1. The molecule has 7 heteroatoms. The van der Waals surface area contributed by atoms with Gasteiger partial charge in [0, 0.05) is 39.0 Å². The Bertz CT molecular complexity index is 576. The van der Waals surface area contributed by atoms with Gasteiger partial charge in [0.25, 0.3) is 0 Å². The van der Waals surface area contributed by atoms with Gasteiger partial charge in [-0.3, -0.25) is 4.79 Å². The summed E-state index contributed by atoms with van der Waals surface area (Å²) in [6.07, 6.45) is 2.37. The third kappa shape index (κ3) is 3.67. The van der Waals surface area contributed by atoms with E-state index in [2.05, 4.69) is 9.88 Å². The minimum Gasteiger partial charge on any atom is -0.462 e. The summed E-state index contributed by atoms with van der Waals surface area (Å²) in [5.41, 5.74) is 0.454. The Morgan fingerprint density at radius 2 is 2.08 bits per heavy atom. The Morgan fingerprint density at radius 1 is 1.29 bits per heavy atom. The minimum absolute atomic E-state index is 0.0264. The predicted molar refractivity (Wildman–Crippen MR) is 87.9 cm³/mol. The van der Waals surface area contributed by atoms with Crippen LogP contribution in [0.5, 0.6) is 0 Å². The molecule has 24 heavy (non-hydrogen) atoms. The smallest absolute Gasteiger partial charge is 0.339 e. The van der Waals surface area contributed by atoms with Crippen LogP contribution < -0.4 is 4.90 Å². The van der Waals surface area contributed by atoms with Crippen LogP contribution in [0.15, 0.2) is 18.3 Å². The standard InChI is InChI=1S/C17H23N3O4/c1-2-24-17(22)13-3-4-15(18-11-13)19-6-8-20(9-7-19)16(21)14-5-10-23-12-14/h3-4,11,14H,2,5-10,12H2,1H3. The van der Waals surface area contributed by atoms with Gasteiger partial charge >= 0.3 is 5.97 Å². The van der Waals surface area contributed by atoms with Gasteiger partial charge in [0.1, 0.15) is 5.82 Å². The number of ether oxygens (including phenoxy) is 2. The second kappa shape index (κ2) is 7.61. The lowest BCUT2D eigenvalue weighted by Crippen LogP contribution is -2.50. The van der Waals surface area contributed by atoms with Crippen LogP contribution in [-0.2, 0) is 14.3 Å². The van der Waals surface area contributed by atoms with Crippen LogP contribution in [0.25, 0.3) is 0 Å². The SMILES string of the molecule is CCOC(=O)c1ccc(N2CCN(C(=O)C3CCOC3)CC2)nc1. The monoisotopic (exact) mass is 333 g/mol. The highest BCUT2D eigenvalue weighted by atomic mass is 16.5. The molecule has 0 aliphatic carbocycles. The first kappa shape index (κ1) is 16.7. The number of aromatic nitrogens is 1. The summed E-state index contributed by atoms with van der Waals surface area (Å²) in [6.45, 7) is 6.23. The second-order valence-electron chi connectivity index (χ2n) is 6.00. The van der Waals surface area contributed by atoms with Crippen molar-refractivity contribution in [3.05, 3.63) is 23.9 Å². The van der Waals surface area contributed by atoms with E-state index in [4.69, 9.17) is 9.47 Å². The van der Waals surface area contributed by atoms with Crippen LogP contribution in [-0.4, -0.2) is 67.8 Å². The lowest BCUT2D eigenvalue weighted by Gasteiger charge is -2.36. The third-order valence-corrected chi connectivity index (χ3v) is 4.45. The summed E-state index contributed by atoms with van der Waals surface area (Å²) >= 11 is 0. The number of nitrogens with zero attached hydrogens (tertiary/aromatic N) is 3. The van der Waals surface area contributed by atoms with E-state index in [0.717, 1.165) is 25.3 Å². The molecule has 0 spiro atoms. The number of carbonyl (C=O) groups is 2. The van der Waals surface area contributed by atoms with Crippen LogP contribution in [0.3, 0.4) is 0 Å². The Labute approximate surface area is 141 Å². The minimum atomic E-state index is -0.356. The van der Waals surface area contributed by atoms with Crippen LogP contribution in [0.1, 0.15) is 23.7 Å². The molecular formula is C17H23N3O4. The van der Waals surface area contributed by atoms with Crippen LogP contribution in [0, 0.1) is 5.92 Å². The second-order valence-corrected chi connectivity index (χ2v) is 6.00. The number of hydrogen-bond acceptors (Lipinski definition) is 6. The van der Waals surface area contributed by atoms with Gasteiger partial charge in [-0.1, -0.05) is 0 Å². The molecule has 2 aliphatic rings. The topological polar surface area (TPSA) is 72.0 Å². The molecule has 1 aromatic rings. The molecular weight excluding hydrogens is 310 g/mol. The van der Waals surface area contributed by atoms with Crippen molar-refractivity contribution < 1.29 is 19.1 Å². The molecule has 0 aromatic carbocycles. The molecule has 1 unspecified atom stereocenters. The average molecular weight is 333 g/mol. The van der Waals surface area contributed by atoms with Crippen molar-refractivity contribution in [3.8, 4) is 0 Å². The summed E-state index contributed by atoms with van der Waals surface area (Å²) in [5, 5.41) is 0. The highest BCUT2D eigenvalue weighted by Crippen LogP contribution is 2.19. The molecule has 1 amide bonds. The molecule has 0 bridgehead atoms. The van der Waals surface area contributed by atoms with Gasteiger partial charge in [0.05, 0.1) is 24.7 Å². The fourth-order valence-corrected chi connectivity index (χ4v) is 3.05. The van der Waals surface area contributed by atoms with Crippen molar-refractivity contribution in [1.29, 1.82) is 0 Å². The van der Waals surface area contributed by atoms with Gasteiger partial charge in [-0.25, -0.2) is 9.78 Å². The van der Waals surface area contributed by atoms with Crippen molar-refractivity contribution in [2.24, 2.45) is 5.92 Å². The van der Waals surface area contributed by atoms with E-state index in [1.54, 1.807) is 19.2 Å². The van der Waals surface area contributed by atoms with Crippen molar-refractivity contribution in [1.82, 2.24) is 9.88 Å². The number of amides is 1. The highest BCUT2D eigenvalue weighted by molar-refractivity contribution is 5.89. The van der Waals surface area contributed by atoms with Gasteiger partial charge in [-0.05, 0) is 25.5 Å². The van der Waals surface area contributed by atoms with Crippen LogP contribution in [0.4, 0.5) is 5.82 Å². The Kier molecular flexibility index (Phi) is 5.30. The molecule has 1 aromatic heterocycles. The molecule has 2 fully saturated rings. The summed E-state index contributed by atoms with van der Waals surface area (Å²) in [6, 6.07) is 3.56. The Morgan fingerprint density at radius 3 is 2.67 bits per heavy atom. The summed E-state index contributed by atoms with van der Waals surface area (Å²) in [4.78, 5) is 32.4. The molecule has 130 valence electrons.